The average Bonchev–Trinajstić information content (AvgIpc) is 2.48. The molecule has 2 unspecified atom stereocenters. The van der Waals surface area contributed by atoms with Crippen molar-refractivity contribution in [2.24, 2.45) is 0 Å². The number of nitrogens with zero attached hydrogens (tertiary/aromatic N) is 2. The Kier molecular flexibility index (Phi) is 4.81. The molecule has 0 aliphatic carbocycles. The molecule has 3 heteroatoms. The van der Waals surface area contributed by atoms with Crippen LogP contribution in [-0.4, -0.2) is 54.6 Å². The van der Waals surface area contributed by atoms with Crippen LogP contribution in [0.1, 0.15) is 31.7 Å². The number of piperazine rings is 1. The number of rotatable bonds is 4. The van der Waals surface area contributed by atoms with Gasteiger partial charge in [0.05, 0.1) is 0 Å². The van der Waals surface area contributed by atoms with Crippen LogP contribution in [0.15, 0.2) is 24.3 Å². The van der Waals surface area contributed by atoms with E-state index in [1.165, 1.54) is 50.1 Å². The summed E-state index contributed by atoms with van der Waals surface area (Å²) in [6.07, 6.45) is 4.22. The fourth-order valence-electron chi connectivity index (χ4n) is 3.82. The minimum absolute atomic E-state index is 0.693. The Bertz CT molecular complexity index is 460. The van der Waals surface area contributed by atoms with Crippen molar-refractivity contribution in [1.29, 1.82) is 0 Å². The number of benzene rings is 1. The highest BCUT2D eigenvalue weighted by Crippen LogP contribution is 2.23. The van der Waals surface area contributed by atoms with Crippen molar-refractivity contribution in [3.8, 4) is 0 Å². The molecule has 0 aromatic heterocycles. The maximum Gasteiger partial charge on any atom is 0.0343 e. The van der Waals surface area contributed by atoms with E-state index in [2.05, 4.69) is 53.2 Å². The number of fused-ring (bicyclic) bond motifs is 1. The molecule has 21 heavy (non-hydrogen) atoms. The molecule has 3 nitrogen and oxygen atoms in total. The molecule has 2 atom stereocenters. The number of nitrogens with one attached hydrogen (secondary N) is 1. The molecule has 0 spiro atoms. The van der Waals surface area contributed by atoms with Crippen molar-refractivity contribution in [3.63, 3.8) is 0 Å². The largest absolute Gasteiger partial charge is 0.384 e. The first-order valence-electron chi connectivity index (χ1n) is 8.51. The van der Waals surface area contributed by atoms with Crippen LogP contribution < -0.4 is 5.32 Å². The van der Waals surface area contributed by atoms with Crippen LogP contribution in [-0.2, 0) is 0 Å². The number of hydrogen-bond donors (Lipinski definition) is 1. The van der Waals surface area contributed by atoms with E-state index in [4.69, 9.17) is 0 Å². The molecule has 2 fully saturated rings. The molecule has 0 saturated carbocycles. The van der Waals surface area contributed by atoms with Crippen LogP contribution in [0.3, 0.4) is 0 Å². The van der Waals surface area contributed by atoms with Gasteiger partial charge >= 0.3 is 0 Å². The SMILES string of the molecule is Cc1cccc(NCCN2CC3CCCCN3CC2C)c1. The summed E-state index contributed by atoms with van der Waals surface area (Å²) in [4.78, 5) is 5.40. The predicted octanol–water partition coefficient (Wildman–Crippen LogP) is 2.97. The summed E-state index contributed by atoms with van der Waals surface area (Å²) in [7, 11) is 0. The summed E-state index contributed by atoms with van der Waals surface area (Å²) in [5, 5.41) is 3.57. The summed E-state index contributed by atoms with van der Waals surface area (Å²) >= 11 is 0. The number of piperidine rings is 1. The molecule has 0 radical (unpaired) electrons. The second-order valence-corrected chi connectivity index (χ2v) is 6.78. The molecule has 0 bridgehead atoms. The summed E-state index contributed by atoms with van der Waals surface area (Å²) in [5.41, 5.74) is 2.57. The van der Waals surface area contributed by atoms with Gasteiger partial charge in [0, 0.05) is 44.0 Å². The fraction of sp³-hybridized carbons (Fsp3) is 0.667. The van der Waals surface area contributed by atoms with Crippen LogP contribution in [0.25, 0.3) is 0 Å². The summed E-state index contributed by atoms with van der Waals surface area (Å²) in [6.45, 7) is 10.6. The molecule has 1 aromatic carbocycles. The van der Waals surface area contributed by atoms with Crippen molar-refractivity contribution in [3.05, 3.63) is 29.8 Å². The Morgan fingerprint density at radius 2 is 2.14 bits per heavy atom. The zero-order valence-corrected chi connectivity index (χ0v) is 13.5. The van der Waals surface area contributed by atoms with Gasteiger partial charge in [0.2, 0.25) is 0 Å². The molecular formula is C18H29N3. The van der Waals surface area contributed by atoms with Gasteiger partial charge in [-0.2, -0.15) is 0 Å². The molecule has 0 amide bonds. The third-order valence-electron chi connectivity index (χ3n) is 5.06. The van der Waals surface area contributed by atoms with Crippen molar-refractivity contribution >= 4 is 5.69 Å². The lowest BCUT2D eigenvalue weighted by molar-refractivity contribution is 0.0176. The molecule has 1 aromatic rings. The first-order valence-corrected chi connectivity index (χ1v) is 8.51. The summed E-state index contributed by atoms with van der Waals surface area (Å²) in [6, 6.07) is 10.2. The Hall–Kier alpha value is -1.06. The highest BCUT2D eigenvalue weighted by Gasteiger charge is 2.32. The molecule has 2 heterocycles. The zero-order chi connectivity index (χ0) is 14.7. The smallest absolute Gasteiger partial charge is 0.0343 e. The van der Waals surface area contributed by atoms with E-state index in [1.807, 2.05) is 0 Å². The monoisotopic (exact) mass is 287 g/mol. The van der Waals surface area contributed by atoms with Gasteiger partial charge in [-0.05, 0) is 50.9 Å². The first kappa shape index (κ1) is 14.9. The highest BCUT2D eigenvalue weighted by atomic mass is 15.3. The van der Waals surface area contributed by atoms with Gasteiger partial charge in [-0.3, -0.25) is 9.80 Å². The molecule has 3 rings (SSSR count). The summed E-state index contributed by atoms with van der Waals surface area (Å²) < 4.78 is 0. The highest BCUT2D eigenvalue weighted by molar-refractivity contribution is 5.45. The van der Waals surface area contributed by atoms with Crippen LogP contribution in [0, 0.1) is 6.92 Å². The normalized spacial score (nSPS) is 27.3. The topological polar surface area (TPSA) is 18.5 Å². The number of anilines is 1. The lowest BCUT2D eigenvalue weighted by Crippen LogP contribution is -2.59. The van der Waals surface area contributed by atoms with E-state index < -0.39 is 0 Å². The fourth-order valence-corrected chi connectivity index (χ4v) is 3.82. The molecule has 2 aliphatic heterocycles. The Balaban J connectivity index is 1.48. The van der Waals surface area contributed by atoms with Gasteiger partial charge in [-0.15, -0.1) is 0 Å². The lowest BCUT2D eigenvalue weighted by Gasteiger charge is -2.47. The second-order valence-electron chi connectivity index (χ2n) is 6.78. The van der Waals surface area contributed by atoms with Crippen molar-refractivity contribution in [2.75, 3.05) is 38.0 Å². The average molecular weight is 287 g/mol. The van der Waals surface area contributed by atoms with Crippen molar-refractivity contribution < 1.29 is 0 Å². The Morgan fingerprint density at radius 3 is 3.00 bits per heavy atom. The van der Waals surface area contributed by atoms with Crippen LogP contribution in [0.2, 0.25) is 0 Å². The van der Waals surface area contributed by atoms with Gasteiger partial charge in [0.15, 0.2) is 0 Å². The van der Waals surface area contributed by atoms with E-state index in [0.717, 1.165) is 19.1 Å². The first-order chi connectivity index (χ1) is 10.2. The van der Waals surface area contributed by atoms with Gasteiger partial charge in [0.25, 0.3) is 0 Å². The van der Waals surface area contributed by atoms with E-state index >= 15 is 0 Å². The third-order valence-corrected chi connectivity index (χ3v) is 5.06. The predicted molar refractivity (Wildman–Crippen MR) is 89.9 cm³/mol. The van der Waals surface area contributed by atoms with Crippen LogP contribution in [0.4, 0.5) is 5.69 Å². The van der Waals surface area contributed by atoms with Crippen LogP contribution in [0.5, 0.6) is 0 Å². The van der Waals surface area contributed by atoms with E-state index in [1.54, 1.807) is 0 Å². The molecule has 2 saturated heterocycles. The molecular weight excluding hydrogens is 258 g/mol. The Labute approximate surface area is 129 Å². The van der Waals surface area contributed by atoms with Gasteiger partial charge in [-0.25, -0.2) is 0 Å². The third kappa shape index (κ3) is 3.78. The van der Waals surface area contributed by atoms with Gasteiger partial charge in [-0.1, -0.05) is 18.6 Å². The minimum Gasteiger partial charge on any atom is -0.384 e. The Morgan fingerprint density at radius 1 is 1.24 bits per heavy atom. The lowest BCUT2D eigenvalue weighted by atomic mass is 9.97. The number of aryl methyl sites for hydroxylation is 1. The quantitative estimate of drug-likeness (QED) is 0.918. The maximum atomic E-state index is 3.57. The maximum absolute atomic E-state index is 3.57. The molecule has 1 N–H and O–H groups in total. The summed E-state index contributed by atoms with van der Waals surface area (Å²) in [5.74, 6) is 0. The van der Waals surface area contributed by atoms with E-state index in [-0.39, 0.29) is 0 Å². The van der Waals surface area contributed by atoms with Gasteiger partial charge < -0.3 is 5.32 Å². The van der Waals surface area contributed by atoms with Crippen LogP contribution >= 0.6 is 0 Å². The van der Waals surface area contributed by atoms with Gasteiger partial charge in [0.1, 0.15) is 0 Å². The molecule has 116 valence electrons. The zero-order valence-electron chi connectivity index (χ0n) is 13.5. The van der Waals surface area contributed by atoms with Crippen molar-refractivity contribution in [1.82, 2.24) is 9.80 Å². The molecule has 2 aliphatic rings. The second kappa shape index (κ2) is 6.80. The standard InChI is InChI=1S/C18H29N3/c1-15-6-5-7-17(12-15)19-9-11-20-14-18-8-3-4-10-21(18)13-16(20)2/h5-7,12,16,18-19H,3-4,8-11,13-14H2,1-2H3. The number of hydrogen-bond acceptors (Lipinski definition) is 3. The van der Waals surface area contributed by atoms with E-state index in [9.17, 15) is 0 Å². The van der Waals surface area contributed by atoms with E-state index in [0.29, 0.717) is 6.04 Å². The van der Waals surface area contributed by atoms with Crippen molar-refractivity contribution in [2.45, 2.75) is 45.2 Å². The minimum atomic E-state index is 0.693.